The molecule has 35 heavy (non-hydrogen) atoms. The van der Waals surface area contributed by atoms with E-state index in [-0.39, 0.29) is 40.4 Å². The summed E-state index contributed by atoms with van der Waals surface area (Å²) >= 11 is 0. The van der Waals surface area contributed by atoms with Crippen molar-refractivity contribution in [1.29, 1.82) is 0 Å². The minimum atomic E-state index is -4.53. The van der Waals surface area contributed by atoms with Crippen LogP contribution in [-0.2, 0) is 11.0 Å². The number of halogens is 3. The van der Waals surface area contributed by atoms with Crippen molar-refractivity contribution in [3.8, 4) is 5.75 Å². The van der Waals surface area contributed by atoms with Gasteiger partial charge in [-0.3, -0.25) is 4.79 Å². The van der Waals surface area contributed by atoms with Gasteiger partial charge in [0.2, 0.25) is 0 Å². The van der Waals surface area contributed by atoms with Gasteiger partial charge in [-0.15, -0.1) is 0 Å². The number of benzene rings is 2. The molecule has 0 unspecified atom stereocenters. The number of rotatable bonds is 7. The van der Waals surface area contributed by atoms with Crippen LogP contribution < -0.4 is 4.74 Å². The molecule has 0 amide bonds. The molecule has 2 aliphatic carbocycles. The van der Waals surface area contributed by atoms with E-state index in [1.165, 1.54) is 6.07 Å². The Morgan fingerprint density at radius 2 is 1.80 bits per heavy atom. The van der Waals surface area contributed by atoms with Crippen LogP contribution >= 0.6 is 0 Å². The minimum Gasteiger partial charge on any atom is -0.490 e. The number of carbonyl (C=O) groups is 1. The first-order chi connectivity index (χ1) is 16.4. The number of fused-ring (bicyclic) bond motifs is 1. The third kappa shape index (κ3) is 5.17. The number of ether oxygens (including phenoxy) is 1. The topological polar surface area (TPSA) is 46.5 Å². The predicted molar refractivity (Wildman–Crippen MR) is 132 cm³/mol. The van der Waals surface area contributed by atoms with E-state index >= 15 is 0 Å². The second kappa shape index (κ2) is 9.67. The highest BCUT2D eigenvalue weighted by Crippen LogP contribution is 2.55. The lowest BCUT2D eigenvalue weighted by atomic mass is 9.53. The van der Waals surface area contributed by atoms with Crippen molar-refractivity contribution in [2.45, 2.75) is 90.8 Å². The van der Waals surface area contributed by atoms with E-state index in [4.69, 9.17) is 4.74 Å². The van der Waals surface area contributed by atoms with Crippen molar-refractivity contribution < 1.29 is 27.8 Å². The molecule has 2 aliphatic rings. The van der Waals surface area contributed by atoms with Gasteiger partial charge >= 0.3 is 12.1 Å². The summed E-state index contributed by atoms with van der Waals surface area (Å²) in [6.07, 6.45) is 1.34. The van der Waals surface area contributed by atoms with Crippen LogP contribution in [0.1, 0.15) is 89.7 Å². The van der Waals surface area contributed by atoms with Crippen LogP contribution in [0.3, 0.4) is 0 Å². The van der Waals surface area contributed by atoms with Crippen molar-refractivity contribution in [2.75, 3.05) is 0 Å². The highest BCUT2D eigenvalue weighted by molar-refractivity contribution is 5.89. The third-order valence-electron chi connectivity index (χ3n) is 8.93. The Morgan fingerprint density at radius 1 is 1.14 bits per heavy atom. The molecule has 2 aromatic carbocycles. The SMILES string of the molecule is CCC1CCC(Oc2ccc3ccc([C@H](C)C[C@H]4C[C@H](C(=O)O)C4(C)C)cc3c2C(F)(F)F)CC1. The van der Waals surface area contributed by atoms with Gasteiger partial charge in [0.25, 0.3) is 0 Å². The molecule has 1 N–H and O–H groups in total. The summed E-state index contributed by atoms with van der Waals surface area (Å²) < 4.78 is 49.0. The van der Waals surface area contributed by atoms with Gasteiger partial charge < -0.3 is 9.84 Å². The predicted octanol–water partition coefficient (Wildman–Crippen LogP) is 8.45. The van der Waals surface area contributed by atoms with Crippen molar-refractivity contribution >= 4 is 16.7 Å². The molecule has 0 spiro atoms. The largest absolute Gasteiger partial charge is 0.490 e. The van der Waals surface area contributed by atoms with Crippen LogP contribution in [0.25, 0.3) is 10.8 Å². The number of aliphatic carboxylic acids is 1. The average molecular weight is 491 g/mol. The maximum absolute atomic E-state index is 14.3. The fraction of sp³-hybridized carbons (Fsp3) is 0.621. The molecule has 0 aromatic heterocycles. The summed E-state index contributed by atoms with van der Waals surface area (Å²) in [5, 5.41) is 10.1. The minimum absolute atomic E-state index is 0.0217. The van der Waals surface area contributed by atoms with E-state index < -0.39 is 17.7 Å². The molecule has 2 aromatic rings. The quantitative estimate of drug-likeness (QED) is 0.423. The van der Waals surface area contributed by atoms with Gasteiger partial charge in [0.1, 0.15) is 11.3 Å². The highest BCUT2D eigenvalue weighted by Gasteiger charge is 2.51. The number of hydrogen-bond donors (Lipinski definition) is 1. The van der Waals surface area contributed by atoms with Crippen molar-refractivity contribution in [2.24, 2.45) is 23.2 Å². The molecule has 0 radical (unpaired) electrons. The van der Waals surface area contributed by atoms with Crippen LogP contribution in [0, 0.1) is 23.2 Å². The van der Waals surface area contributed by atoms with Crippen LogP contribution in [-0.4, -0.2) is 17.2 Å². The Balaban J connectivity index is 1.60. The second-order valence-corrected chi connectivity index (χ2v) is 11.4. The van der Waals surface area contributed by atoms with Gasteiger partial charge in [0.15, 0.2) is 0 Å². The van der Waals surface area contributed by atoms with E-state index in [0.29, 0.717) is 17.7 Å². The lowest BCUT2D eigenvalue weighted by Crippen LogP contribution is -2.49. The van der Waals surface area contributed by atoms with Crippen molar-refractivity contribution in [1.82, 2.24) is 0 Å². The van der Waals surface area contributed by atoms with Crippen LogP contribution in [0.5, 0.6) is 5.75 Å². The highest BCUT2D eigenvalue weighted by atomic mass is 19.4. The Bertz CT molecular complexity index is 1070. The zero-order chi connectivity index (χ0) is 25.5. The Hall–Kier alpha value is -2.24. The van der Waals surface area contributed by atoms with E-state index in [1.54, 1.807) is 18.2 Å². The van der Waals surface area contributed by atoms with Crippen LogP contribution in [0.2, 0.25) is 0 Å². The molecule has 0 bridgehead atoms. The molecule has 0 aliphatic heterocycles. The molecule has 4 rings (SSSR count). The van der Waals surface area contributed by atoms with Gasteiger partial charge in [0, 0.05) is 0 Å². The lowest BCUT2D eigenvalue weighted by molar-refractivity contribution is -0.159. The van der Waals surface area contributed by atoms with Crippen LogP contribution in [0.15, 0.2) is 30.3 Å². The third-order valence-corrected chi connectivity index (χ3v) is 8.93. The van der Waals surface area contributed by atoms with Crippen molar-refractivity contribution in [3.63, 3.8) is 0 Å². The summed E-state index contributed by atoms with van der Waals surface area (Å²) in [7, 11) is 0. The normalized spacial score (nSPS) is 27.3. The van der Waals surface area contributed by atoms with E-state index in [2.05, 4.69) is 6.92 Å². The number of carboxylic acids is 1. The summed E-state index contributed by atoms with van der Waals surface area (Å²) in [6, 6.07) is 8.53. The van der Waals surface area contributed by atoms with Gasteiger partial charge in [-0.25, -0.2) is 0 Å². The Kier molecular flexibility index (Phi) is 7.14. The first-order valence-corrected chi connectivity index (χ1v) is 12.9. The fourth-order valence-electron chi connectivity index (χ4n) is 6.25. The first-order valence-electron chi connectivity index (χ1n) is 12.9. The summed E-state index contributed by atoms with van der Waals surface area (Å²) in [5.41, 5.74) is -0.152. The number of alkyl halides is 3. The fourth-order valence-corrected chi connectivity index (χ4v) is 6.25. The first kappa shape index (κ1) is 25.8. The number of carboxylic acid groups (broad SMARTS) is 1. The zero-order valence-corrected chi connectivity index (χ0v) is 21.1. The van der Waals surface area contributed by atoms with E-state index in [1.807, 2.05) is 26.8 Å². The van der Waals surface area contributed by atoms with Gasteiger partial charge in [0.05, 0.1) is 12.0 Å². The Labute approximate surface area is 206 Å². The van der Waals surface area contributed by atoms with Gasteiger partial charge in [-0.2, -0.15) is 13.2 Å². The summed E-state index contributed by atoms with van der Waals surface area (Å²) in [6.45, 7) is 8.13. The molecule has 3 nitrogen and oxygen atoms in total. The monoisotopic (exact) mass is 490 g/mol. The molecule has 0 heterocycles. The summed E-state index contributed by atoms with van der Waals surface area (Å²) in [5.74, 6) is -0.309. The smallest absolute Gasteiger partial charge is 0.420 e. The molecule has 2 fully saturated rings. The van der Waals surface area contributed by atoms with Crippen molar-refractivity contribution in [3.05, 3.63) is 41.5 Å². The zero-order valence-electron chi connectivity index (χ0n) is 21.1. The molecular weight excluding hydrogens is 453 g/mol. The molecule has 0 saturated heterocycles. The van der Waals surface area contributed by atoms with Crippen LogP contribution in [0.4, 0.5) is 13.2 Å². The van der Waals surface area contributed by atoms with Gasteiger partial charge in [-0.05, 0) is 84.1 Å². The molecule has 192 valence electrons. The molecular formula is C29H37F3O3. The van der Waals surface area contributed by atoms with Gasteiger partial charge in [-0.1, -0.05) is 58.4 Å². The van der Waals surface area contributed by atoms with E-state index in [0.717, 1.165) is 44.1 Å². The lowest BCUT2D eigenvalue weighted by Gasteiger charge is -2.51. The van der Waals surface area contributed by atoms with E-state index in [9.17, 15) is 23.1 Å². The molecule has 2 saturated carbocycles. The summed E-state index contributed by atoms with van der Waals surface area (Å²) in [4.78, 5) is 11.5. The average Bonchev–Trinajstić information content (AvgIpc) is 2.80. The maximum atomic E-state index is 14.3. The molecule has 6 heteroatoms. The standard InChI is InChI=1S/C29H37F3O3/c1-5-18-6-11-22(12-7-18)35-25-13-10-19-8-9-20(15-23(19)26(25)29(30,31)32)17(2)14-21-16-24(27(33)34)28(21,3)4/h8-10,13,15,17-18,21-22,24H,5-7,11-12,14,16H2,1-4H3,(H,33,34)/t17-,18?,21+,22?,24-/m1/s1. The molecule has 3 atom stereocenters. The Morgan fingerprint density at radius 3 is 2.37 bits per heavy atom. The second-order valence-electron chi connectivity index (χ2n) is 11.4. The number of hydrogen-bond acceptors (Lipinski definition) is 2. The maximum Gasteiger partial charge on any atom is 0.420 e.